The third-order valence-corrected chi connectivity index (χ3v) is 2.86. The molecule has 0 saturated carbocycles. The highest BCUT2D eigenvalue weighted by molar-refractivity contribution is 5.57. The van der Waals surface area contributed by atoms with Crippen LogP contribution in [0.5, 0.6) is 5.75 Å². The van der Waals surface area contributed by atoms with Crippen molar-refractivity contribution in [2.24, 2.45) is 0 Å². The van der Waals surface area contributed by atoms with Crippen LogP contribution in [0.15, 0.2) is 36.4 Å². The summed E-state index contributed by atoms with van der Waals surface area (Å²) < 4.78 is 31.8. The molecule has 0 amide bonds. The zero-order chi connectivity index (χ0) is 13.8. The number of nitrogens with one attached hydrogen (secondary N) is 1. The fourth-order valence-corrected chi connectivity index (χ4v) is 1.82. The molecule has 100 valence electrons. The molecule has 0 unspecified atom stereocenters. The van der Waals surface area contributed by atoms with Gasteiger partial charge in [0.1, 0.15) is 5.75 Å². The number of halogens is 2. The Labute approximate surface area is 111 Å². The minimum atomic E-state index is -0.838. The van der Waals surface area contributed by atoms with Gasteiger partial charge in [-0.3, -0.25) is 0 Å². The van der Waals surface area contributed by atoms with E-state index in [1.54, 1.807) is 13.2 Å². The second-order valence-electron chi connectivity index (χ2n) is 4.27. The van der Waals surface area contributed by atoms with Gasteiger partial charge in [-0.2, -0.15) is 0 Å². The van der Waals surface area contributed by atoms with Gasteiger partial charge >= 0.3 is 0 Å². The molecular formula is C15H15F2NO. The van der Waals surface area contributed by atoms with E-state index in [-0.39, 0.29) is 12.1 Å². The molecule has 2 aromatic carbocycles. The summed E-state index contributed by atoms with van der Waals surface area (Å²) in [6.45, 7) is 2.15. The van der Waals surface area contributed by atoms with E-state index in [0.29, 0.717) is 5.75 Å². The molecule has 0 aliphatic carbocycles. The number of aryl methyl sites for hydroxylation is 1. The summed E-state index contributed by atoms with van der Waals surface area (Å²) in [6, 6.07) is 9.79. The van der Waals surface area contributed by atoms with E-state index in [1.807, 2.05) is 25.1 Å². The van der Waals surface area contributed by atoms with Gasteiger partial charge in [0, 0.05) is 12.1 Å². The summed E-state index contributed by atoms with van der Waals surface area (Å²) >= 11 is 0. The monoisotopic (exact) mass is 263 g/mol. The number of rotatable bonds is 4. The van der Waals surface area contributed by atoms with Crippen LogP contribution in [-0.4, -0.2) is 7.11 Å². The lowest BCUT2D eigenvalue weighted by molar-refractivity contribution is 0.416. The second kappa shape index (κ2) is 5.69. The van der Waals surface area contributed by atoms with Crippen LogP contribution in [0.25, 0.3) is 0 Å². The summed E-state index contributed by atoms with van der Waals surface area (Å²) in [6.07, 6.45) is 0. The molecule has 0 fully saturated rings. The Hall–Kier alpha value is -2.10. The molecule has 0 bridgehead atoms. The zero-order valence-electron chi connectivity index (χ0n) is 10.8. The molecule has 0 atom stereocenters. The summed E-state index contributed by atoms with van der Waals surface area (Å²) in [5, 5.41) is 3.04. The summed E-state index contributed by atoms with van der Waals surface area (Å²) in [4.78, 5) is 0. The van der Waals surface area contributed by atoms with Crippen LogP contribution in [0.3, 0.4) is 0 Å². The van der Waals surface area contributed by atoms with Crippen molar-refractivity contribution in [1.82, 2.24) is 0 Å². The number of anilines is 1. The molecular weight excluding hydrogens is 248 g/mol. The first kappa shape index (κ1) is 13.3. The fraction of sp³-hybridized carbons (Fsp3) is 0.200. The van der Waals surface area contributed by atoms with Crippen molar-refractivity contribution in [3.05, 3.63) is 59.2 Å². The van der Waals surface area contributed by atoms with Crippen LogP contribution >= 0.6 is 0 Å². The molecule has 0 saturated heterocycles. The van der Waals surface area contributed by atoms with Crippen LogP contribution < -0.4 is 10.1 Å². The Morgan fingerprint density at radius 3 is 2.68 bits per heavy atom. The highest BCUT2D eigenvalue weighted by atomic mass is 19.2. The lowest BCUT2D eigenvalue weighted by Gasteiger charge is -2.12. The maximum absolute atomic E-state index is 13.5. The molecule has 2 nitrogen and oxygen atoms in total. The number of methoxy groups -OCH3 is 1. The third-order valence-electron chi connectivity index (χ3n) is 2.86. The molecule has 2 rings (SSSR count). The van der Waals surface area contributed by atoms with Gasteiger partial charge in [0.25, 0.3) is 0 Å². The molecule has 0 aromatic heterocycles. The van der Waals surface area contributed by atoms with Crippen molar-refractivity contribution in [3.63, 3.8) is 0 Å². The largest absolute Gasteiger partial charge is 0.495 e. The van der Waals surface area contributed by atoms with Crippen molar-refractivity contribution in [2.45, 2.75) is 13.5 Å². The Balaban J connectivity index is 2.17. The molecule has 0 heterocycles. The normalized spacial score (nSPS) is 10.3. The minimum Gasteiger partial charge on any atom is -0.495 e. The van der Waals surface area contributed by atoms with E-state index in [9.17, 15) is 8.78 Å². The van der Waals surface area contributed by atoms with E-state index in [0.717, 1.165) is 17.3 Å². The average Bonchev–Trinajstić information content (AvgIpc) is 2.41. The van der Waals surface area contributed by atoms with Gasteiger partial charge in [0.05, 0.1) is 12.8 Å². The highest BCUT2D eigenvalue weighted by Crippen LogP contribution is 2.26. The second-order valence-corrected chi connectivity index (χ2v) is 4.27. The predicted octanol–water partition coefficient (Wildman–Crippen LogP) is 3.89. The molecule has 0 aliphatic rings. The number of ether oxygens (including phenoxy) is 1. The maximum Gasteiger partial charge on any atom is 0.163 e. The fourth-order valence-electron chi connectivity index (χ4n) is 1.82. The smallest absolute Gasteiger partial charge is 0.163 e. The van der Waals surface area contributed by atoms with Crippen LogP contribution in [0, 0.1) is 18.6 Å². The van der Waals surface area contributed by atoms with Crippen LogP contribution in [0.4, 0.5) is 14.5 Å². The first-order valence-electron chi connectivity index (χ1n) is 5.93. The third kappa shape index (κ3) is 3.02. The lowest BCUT2D eigenvalue weighted by Crippen LogP contribution is -2.04. The molecule has 0 radical (unpaired) electrons. The van der Waals surface area contributed by atoms with E-state index in [2.05, 4.69) is 5.32 Å². The van der Waals surface area contributed by atoms with Gasteiger partial charge in [-0.05, 0) is 30.7 Å². The lowest BCUT2D eigenvalue weighted by atomic mass is 10.1. The molecule has 2 aromatic rings. The van der Waals surface area contributed by atoms with Gasteiger partial charge in [-0.1, -0.05) is 18.2 Å². The van der Waals surface area contributed by atoms with Crippen molar-refractivity contribution < 1.29 is 13.5 Å². The van der Waals surface area contributed by atoms with Crippen molar-refractivity contribution >= 4 is 5.69 Å². The van der Waals surface area contributed by atoms with Crippen molar-refractivity contribution in [3.8, 4) is 5.75 Å². The molecule has 0 spiro atoms. The number of hydrogen-bond acceptors (Lipinski definition) is 2. The van der Waals surface area contributed by atoms with Crippen molar-refractivity contribution in [2.75, 3.05) is 12.4 Å². The maximum atomic E-state index is 13.5. The highest BCUT2D eigenvalue weighted by Gasteiger charge is 2.08. The quantitative estimate of drug-likeness (QED) is 0.903. The van der Waals surface area contributed by atoms with E-state index in [4.69, 9.17) is 4.74 Å². The van der Waals surface area contributed by atoms with Gasteiger partial charge in [-0.15, -0.1) is 0 Å². The Bertz CT molecular complexity index is 584. The molecule has 1 N–H and O–H groups in total. The first-order valence-corrected chi connectivity index (χ1v) is 5.93. The number of hydrogen-bond donors (Lipinski definition) is 1. The Morgan fingerprint density at radius 1 is 1.16 bits per heavy atom. The standard InChI is InChI=1S/C15H15F2NO/c1-10-6-7-13(14(8-10)19-2)18-9-11-4-3-5-12(16)15(11)17/h3-8,18H,9H2,1-2H3. The summed E-state index contributed by atoms with van der Waals surface area (Å²) in [7, 11) is 1.57. The van der Waals surface area contributed by atoms with Gasteiger partial charge in [-0.25, -0.2) is 8.78 Å². The predicted molar refractivity (Wildman–Crippen MR) is 71.4 cm³/mol. The van der Waals surface area contributed by atoms with Gasteiger partial charge in [0.15, 0.2) is 11.6 Å². The zero-order valence-corrected chi connectivity index (χ0v) is 10.8. The van der Waals surface area contributed by atoms with E-state index in [1.165, 1.54) is 6.07 Å². The molecule has 0 aliphatic heterocycles. The average molecular weight is 263 g/mol. The summed E-state index contributed by atoms with van der Waals surface area (Å²) in [5.74, 6) is -0.979. The van der Waals surface area contributed by atoms with Crippen LogP contribution in [-0.2, 0) is 6.54 Å². The number of benzene rings is 2. The van der Waals surface area contributed by atoms with Crippen molar-refractivity contribution in [1.29, 1.82) is 0 Å². The van der Waals surface area contributed by atoms with Gasteiger partial charge < -0.3 is 10.1 Å². The first-order chi connectivity index (χ1) is 9.11. The van der Waals surface area contributed by atoms with Crippen LogP contribution in [0.2, 0.25) is 0 Å². The molecule has 19 heavy (non-hydrogen) atoms. The van der Waals surface area contributed by atoms with E-state index < -0.39 is 11.6 Å². The minimum absolute atomic E-state index is 0.197. The topological polar surface area (TPSA) is 21.3 Å². The Kier molecular flexibility index (Phi) is 4.00. The van der Waals surface area contributed by atoms with Gasteiger partial charge in [0.2, 0.25) is 0 Å². The van der Waals surface area contributed by atoms with E-state index >= 15 is 0 Å². The Morgan fingerprint density at radius 2 is 1.95 bits per heavy atom. The van der Waals surface area contributed by atoms with Crippen LogP contribution in [0.1, 0.15) is 11.1 Å². The molecule has 4 heteroatoms. The summed E-state index contributed by atoms with van der Waals surface area (Å²) in [5.41, 5.74) is 2.10. The SMILES string of the molecule is COc1cc(C)ccc1NCc1cccc(F)c1F.